The monoisotopic (exact) mass is 314 g/mol. The highest BCUT2D eigenvalue weighted by Gasteiger charge is 2.16. The van der Waals surface area contributed by atoms with Crippen LogP contribution in [0, 0.1) is 0 Å². The summed E-state index contributed by atoms with van der Waals surface area (Å²) in [4.78, 5) is 14.7. The molecule has 1 N–H and O–H groups in total. The molecule has 0 saturated carbocycles. The first-order valence-corrected chi connectivity index (χ1v) is 8.34. The number of carbonyl (C=O) groups excluding carboxylic acids is 1. The average molecular weight is 314 g/mol. The highest BCUT2D eigenvalue weighted by molar-refractivity contribution is 5.95. The molecule has 1 aromatic carbocycles. The summed E-state index contributed by atoms with van der Waals surface area (Å²) in [6.45, 7) is 9.82. The minimum atomic E-state index is -0.0452. The lowest BCUT2D eigenvalue weighted by Crippen LogP contribution is -2.35. The third-order valence-electron chi connectivity index (χ3n) is 4.06. The van der Waals surface area contributed by atoms with E-state index in [1.807, 2.05) is 41.9 Å². The molecular formula is C18H26N4O. The lowest BCUT2D eigenvalue weighted by molar-refractivity contribution is 0.0948. The number of hydrogen-bond donors (Lipinski definition) is 1. The number of benzene rings is 1. The topological polar surface area (TPSA) is 50.2 Å². The van der Waals surface area contributed by atoms with Gasteiger partial charge in [-0.25, -0.2) is 4.68 Å². The van der Waals surface area contributed by atoms with Crippen molar-refractivity contribution in [2.45, 2.75) is 27.2 Å². The van der Waals surface area contributed by atoms with E-state index < -0.39 is 0 Å². The second-order valence-electron chi connectivity index (χ2n) is 5.39. The summed E-state index contributed by atoms with van der Waals surface area (Å²) in [5.41, 5.74) is 2.58. The molecule has 0 aliphatic carbocycles. The Kier molecular flexibility index (Phi) is 6.35. The number of nitrogens with zero attached hydrogens (tertiary/aromatic N) is 3. The van der Waals surface area contributed by atoms with Gasteiger partial charge in [0.1, 0.15) is 0 Å². The van der Waals surface area contributed by atoms with Crippen LogP contribution in [0.25, 0.3) is 5.69 Å². The fraction of sp³-hybridized carbons (Fsp3) is 0.444. The van der Waals surface area contributed by atoms with Crippen LogP contribution in [0.3, 0.4) is 0 Å². The van der Waals surface area contributed by atoms with Crippen LogP contribution in [0.5, 0.6) is 0 Å². The number of nitrogens with one attached hydrogen (secondary N) is 1. The van der Waals surface area contributed by atoms with E-state index in [-0.39, 0.29) is 5.91 Å². The molecule has 5 heteroatoms. The van der Waals surface area contributed by atoms with Gasteiger partial charge >= 0.3 is 0 Å². The first-order chi connectivity index (χ1) is 11.2. The first kappa shape index (κ1) is 17.2. The van der Waals surface area contributed by atoms with E-state index >= 15 is 0 Å². The molecule has 2 rings (SSSR count). The fourth-order valence-electron chi connectivity index (χ4n) is 2.66. The Bertz CT molecular complexity index is 617. The molecule has 1 aromatic heterocycles. The third-order valence-corrected chi connectivity index (χ3v) is 4.06. The fourth-order valence-corrected chi connectivity index (χ4v) is 2.66. The third kappa shape index (κ3) is 4.20. The zero-order valence-electron chi connectivity index (χ0n) is 14.2. The van der Waals surface area contributed by atoms with Gasteiger partial charge in [0.15, 0.2) is 0 Å². The maximum absolute atomic E-state index is 12.4. The Hall–Kier alpha value is -2.14. The average Bonchev–Trinajstić information content (AvgIpc) is 3.03. The summed E-state index contributed by atoms with van der Waals surface area (Å²) in [6.07, 6.45) is 2.42. The molecule has 124 valence electrons. The van der Waals surface area contributed by atoms with E-state index in [1.165, 1.54) is 0 Å². The number of rotatable bonds is 8. The van der Waals surface area contributed by atoms with Crippen LogP contribution in [0.2, 0.25) is 0 Å². The zero-order valence-corrected chi connectivity index (χ0v) is 14.2. The Morgan fingerprint density at radius 1 is 1.17 bits per heavy atom. The van der Waals surface area contributed by atoms with Crippen molar-refractivity contribution in [2.24, 2.45) is 0 Å². The first-order valence-electron chi connectivity index (χ1n) is 8.34. The Balaban J connectivity index is 2.08. The standard InChI is InChI=1S/C18H26N4O/c1-4-17-16(18(23)19-12-13-21(5-2)6-3)14-20-22(17)15-10-8-7-9-11-15/h7-11,14H,4-6,12-13H2,1-3H3,(H,19,23). The normalized spacial score (nSPS) is 11.0. The van der Waals surface area contributed by atoms with Gasteiger partial charge in [0, 0.05) is 13.1 Å². The van der Waals surface area contributed by atoms with E-state index in [2.05, 4.69) is 29.2 Å². The summed E-state index contributed by atoms with van der Waals surface area (Å²) < 4.78 is 1.85. The van der Waals surface area contributed by atoms with E-state index in [0.717, 1.165) is 37.4 Å². The van der Waals surface area contributed by atoms with Crippen molar-refractivity contribution in [3.63, 3.8) is 0 Å². The number of para-hydroxylation sites is 1. The van der Waals surface area contributed by atoms with Crippen LogP contribution >= 0.6 is 0 Å². The number of likely N-dealkylation sites (N-methyl/N-ethyl adjacent to an activating group) is 1. The van der Waals surface area contributed by atoms with Crippen molar-refractivity contribution >= 4 is 5.91 Å². The molecule has 1 heterocycles. The van der Waals surface area contributed by atoms with Crippen molar-refractivity contribution in [3.05, 3.63) is 47.8 Å². The number of aromatic nitrogens is 2. The summed E-state index contributed by atoms with van der Waals surface area (Å²) in [6, 6.07) is 9.91. The van der Waals surface area contributed by atoms with E-state index in [4.69, 9.17) is 0 Å². The molecule has 0 saturated heterocycles. The van der Waals surface area contributed by atoms with Gasteiger partial charge in [-0.1, -0.05) is 39.0 Å². The maximum atomic E-state index is 12.4. The molecule has 1 amide bonds. The van der Waals surface area contributed by atoms with Crippen LogP contribution in [-0.2, 0) is 6.42 Å². The lowest BCUT2D eigenvalue weighted by atomic mass is 10.2. The van der Waals surface area contributed by atoms with Crippen LogP contribution in [-0.4, -0.2) is 46.8 Å². The van der Waals surface area contributed by atoms with Gasteiger partial charge in [-0.2, -0.15) is 5.10 Å². The van der Waals surface area contributed by atoms with Gasteiger partial charge < -0.3 is 10.2 Å². The second-order valence-corrected chi connectivity index (χ2v) is 5.39. The van der Waals surface area contributed by atoms with Gasteiger partial charge in [-0.3, -0.25) is 4.79 Å². The van der Waals surface area contributed by atoms with Gasteiger partial charge in [-0.05, 0) is 31.6 Å². The summed E-state index contributed by atoms with van der Waals surface area (Å²) in [5, 5.41) is 7.40. The summed E-state index contributed by atoms with van der Waals surface area (Å²) in [5.74, 6) is -0.0452. The van der Waals surface area contributed by atoms with Gasteiger partial charge in [0.25, 0.3) is 5.91 Å². The van der Waals surface area contributed by atoms with Crippen molar-refractivity contribution in [1.29, 1.82) is 0 Å². The number of carbonyl (C=O) groups is 1. The Labute approximate surface area is 138 Å². The van der Waals surface area contributed by atoms with E-state index in [1.54, 1.807) is 6.20 Å². The Morgan fingerprint density at radius 3 is 2.48 bits per heavy atom. The van der Waals surface area contributed by atoms with Crippen LogP contribution < -0.4 is 5.32 Å². The van der Waals surface area contributed by atoms with Gasteiger partial charge in [-0.15, -0.1) is 0 Å². The lowest BCUT2D eigenvalue weighted by Gasteiger charge is -2.18. The van der Waals surface area contributed by atoms with Crippen LogP contribution in [0.1, 0.15) is 36.8 Å². The van der Waals surface area contributed by atoms with E-state index in [9.17, 15) is 4.79 Å². The van der Waals surface area contributed by atoms with Crippen molar-refractivity contribution in [3.8, 4) is 5.69 Å². The molecule has 0 fully saturated rings. The molecule has 0 bridgehead atoms. The zero-order chi connectivity index (χ0) is 16.7. The predicted molar refractivity (Wildman–Crippen MR) is 93.1 cm³/mol. The molecular weight excluding hydrogens is 288 g/mol. The molecule has 0 radical (unpaired) electrons. The smallest absolute Gasteiger partial charge is 0.254 e. The highest BCUT2D eigenvalue weighted by atomic mass is 16.1. The molecule has 23 heavy (non-hydrogen) atoms. The molecule has 5 nitrogen and oxygen atoms in total. The van der Waals surface area contributed by atoms with Gasteiger partial charge in [0.05, 0.1) is 23.1 Å². The number of hydrogen-bond acceptors (Lipinski definition) is 3. The van der Waals surface area contributed by atoms with Crippen molar-refractivity contribution < 1.29 is 4.79 Å². The van der Waals surface area contributed by atoms with Crippen LogP contribution in [0.15, 0.2) is 36.5 Å². The van der Waals surface area contributed by atoms with Crippen molar-refractivity contribution in [2.75, 3.05) is 26.2 Å². The molecule has 2 aromatic rings. The van der Waals surface area contributed by atoms with Crippen LogP contribution in [0.4, 0.5) is 0 Å². The molecule has 0 aliphatic heterocycles. The van der Waals surface area contributed by atoms with Crippen molar-refractivity contribution in [1.82, 2.24) is 20.0 Å². The largest absolute Gasteiger partial charge is 0.351 e. The predicted octanol–water partition coefficient (Wildman–Crippen LogP) is 2.51. The van der Waals surface area contributed by atoms with Gasteiger partial charge in [0.2, 0.25) is 0 Å². The van der Waals surface area contributed by atoms with E-state index in [0.29, 0.717) is 12.1 Å². The molecule has 0 aliphatic rings. The molecule has 0 unspecified atom stereocenters. The molecule has 0 atom stereocenters. The SMILES string of the molecule is CCc1c(C(=O)NCCN(CC)CC)cnn1-c1ccccc1. The maximum Gasteiger partial charge on any atom is 0.254 e. The summed E-state index contributed by atoms with van der Waals surface area (Å²) >= 11 is 0. The second kappa shape index (κ2) is 8.48. The number of amides is 1. The minimum Gasteiger partial charge on any atom is -0.351 e. The highest BCUT2D eigenvalue weighted by Crippen LogP contribution is 2.15. The molecule has 0 spiro atoms. The Morgan fingerprint density at radius 2 is 1.87 bits per heavy atom. The quantitative estimate of drug-likeness (QED) is 0.814. The summed E-state index contributed by atoms with van der Waals surface area (Å²) in [7, 11) is 0. The minimum absolute atomic E-state index is 0.0452.